The van der Waals surface area contributed by atoms with Crippen molar-refractivity contribution in [2.45, 2.75) is 53.7 Å². The van der Waals surface area contributed by atoms with Crippen molar-refractivity contribution in [1.29, 1.82) is 0 Å². The first kappa shape index (κ1) is 20.9. The number of ether oxygens (including phenoxy) is 1. The van der Waals surface area contributed by atoms with Gasteiger partial charge in [0.15, 0.2) is 0 Å². The summed E-state index contributed by atoms with van der Waals surface area (Å²) in [7, 11) is 0. The van der Waals surface area contributed by atoms with Crippen molar-refractivity contribution in [2.75, 3.05) is 6.61 Å². The average molecular weight is 325 g/mol. The summed E-state index contributed by atoms with van der Waals surface area (Å²) < 4.78 is 5.19. The SMILES string of the molecule is Cc1cc(CNC(=O)OC(C)(C)C)cc(C)c1C.O=C(O)CO. The molecule has 0 unspecified atom stereocenters. The van der Waals surface area contributed by atoms with Crippen LogP contribution >= 0.6 is 0 Å². The lowest BCUT2D eigenvalue weighted by Gasteiger charge is -2.20. The van der Waals surface area contributed by atoms with Crippen molar-refractivity contribution in [2.24, 2.45) is 0 Å². The number of carboxylic acid groups (broad SMARTS) is 1. The van der Waals surface area contributed by atoms with Gasteiger partial charge >= 0.3 is 12.1 Å². The summed E-state index contributed by atoms with van der Waals surface area (Å²) >= 11 is 0. The lowest BCUT2D eigenvalue weighted by atomic mass is 10.0. The zero-order valence-electron chi connectivity index (χ0n) is 14.7. The fourth-order valence-corrected chi connectivity index (χ4v) is 1.72. The molecule has 1 aromatic carbocycles. The number of amides is 1. The van der Waals surface area contributed by atoms with Gasteiger partial charge in [0.25, 0.3) is 0 Å². The molecule has 0 bridgehead atoms. The maximum atomic E-state index is 11.5. The van der Waals surface area contributed by atoms with Crippen LogP contribution in [0.5, 0.6) is 0 Å². The minimum Gasteiger partial charge on any atom is -0.480 e. The Balaban J connectivity index is 0.000000841. The van der Waals surface area contributed by atoms with Gasteiger partial charge in [-0.25, -0.2) is 9.59 Å². The van der Waals surface area contributed by atoms with Crippen LogP contribution in [0.4, 0.5) is 4.79 Å². The molecular weight excluding hydrogens is 298 g/mol. The molecule has 0 heterocycles. The molecule has 0 aliphatic heterocycles. The highest BCUT2D eigenvalue weighted by Gasteiger charge is 2.15. The molecule has 130 valence electrons. The van der Waals surface area contributed by atoms with Gasteiger partial charge in [0.2, 0.25) is 0 Å². The topological polar surface area (TPSA) is 95.9 Å². The second-order valence-electron chi connectivity index (χ2n) is 6.26. The van der Waals surface area contributed by atoms with E-state index in [0.29, 0.717) is 6.54 Å². The molecule has 0 spiro atoms. The number of hydrogen-bond donors (Lipinski definition) is 3. The minimum atomic E-state index is -1.19. The van der Waals surface area contributed by atoms with E-state index in [1.807, 2.05) is 20.8 Å². The largest absolute Gasteiger partial charge is 0.480 e. The zero-order chi connectivity index (χ0) is 18.2. The Hall–Kier alpha value is -2.08. The molecule has 0 aromatic heterocycles. The normalized spacial score (nSPS) is 10.4. The second kappa shape index (κ2) is 9.15. The molecule has 1 rings (SSSR count). The maximum Gasteiger partial charge on any atom is 0.407 e. The number of carbonyl (C=O) groups excluding carboxylic acids is 1. The van der Waals surface area contributed by atoms with Crippen LogP contribution in [0.25, 0.3) is 0 Å². The van der Waals surface area contributed by atoms with Gasteiger partial charge in [-0.1, -0.05) is 12.1 Å². The number of carboxylic acids is 1. The van der Waals surface area contributed by atoms with E-state index in [9.17, 15) is 4.79 Å². The molecular formula is C17H27NO5. The first-order valence-corrected chi connectivity index (χ1v) is 7.32. The van der Waals surface area contributed by atoms with Crippen LogP contribution in [0, 0.1) is 20.8 Å². The number of aliphatic hydroxyl groups is 1. The fraction of sp³-hybridized carbons (Fsp3) is 0.529. The zero-order valence-corrected chi connectivity index (χ0v) is 14.7. The van der Waals surface area contributed by atoms with Gasteiger partial charge in [-0.3, -0.25) is 0 Å². The molecule has 1 amide bonds. The molecule has 0 aliphatic rings. The summed E-state index contributed by atoms with van der Waals surface area (Å²) in [5.41, 5.74) is 4.44. The van der Waals surface area contributed by atoms with Gasteiger partial charge in [-0.05, 0) is 63.8 Å². The number of aliphatic carboxylic acids is 1. The Morgan fingerprint density at radius 1 is 1.13 bits per heavy atom. The van der Waals surface area contributed by atoms with Crippen LogP contribution in [-0.4, -0.2) is 34.5 Å². The van der Waals surface area contributed by atoms with Crippen molar-refractivity contribution < 1.29 is 24.5 Å². The van der Waals surface area contributed by atoms with Crippen molar-refractivity contribution in [3.8, 4) is 0 Å². The first-order valence-electron chi connectivity index (χ1n) is 7.32. The lowest BCUT2D eigenvalue weighted by Crippen LogP contribution is -2.32. The molecule has 0 saturated carbocycles. The number of nitrogens with one attached hydrogen (secondary N) is 1. The Morgan fingerprint density at radius 2 is 1.57 bits per heavy atom. The molecule has 6 nitrogen and oxygen atoms in total. The predicted octanol–water partition coefficient (Wildman–Crippen LogP) is 2.70. The number of benzene rings is 1. The molecule has 0 atom stereocenters. The van der Waals surface area contributed by atoms with Crippen LogP contribution in [-0.2, 0) is 16.1 Å². The molecule has 0 saturated heterocycles. The third-order valence-corrected chi connectivity index (χ3v) is 2.96. The highest BCUT2D eigenvalue weighted by Crippen LogP contribution is 2.15. The first-order chi connectivity index (χ1) is 10.5. The van der Waals surface area contributed by atoms with Gasteiger partial charge in [-0.15, -0.1) is 0 Å². The smallest absolute Gasteiger partial charge is 0.407 e. The van der Waals surface area contributed by atoms with Crippen molar-refractivity contribution in [1.82, 2.24) is 5.32 Å². The standard InChI is InChI=1S/C15H23NO2.C2H4O3/c1-10-7-13(8-11(2)12(10)3)9-16-14(17)18-15(4,5)6;3-1-2(4)5/h7-8H,9H2,1-6H3,(H,16,17);3H,1H2,(H,4,5). The third-order valence-electron chi connectivity index (χ3n) is 2.96. The van der Waals surface area contributed by atoms with Gasteiger partial charge in [0, 0.05) is 6.54 Å². The summed E-state index contributed by atoms with van der Waals surface area (Å²) in [5.74, 6) is -1.19. The van der Waals surface area contributed by atoms with E-state index in [1.165, 1.54) is 16.7 Å². The van der Waals surface area contributed by atoms with Crippen LogP contribution in [0.15, 0.2) is 12.1 Å². The Bertz CT molecular complexity index is 523. The van der Waals surface area contributed by atoms with Crippen molar-refractivity contribution in [3.63, 3.8) is 0 Å². The monoisotopic (exact) mass is 325 g/mol. The lowest BCUT2D eigenvalue weighted by molar-refractivity contribution is -0.140. The number of hydrogen-bond acceptors (Lipinski definition) is 4. The quantitative estimate of drug-likeness (QED) is 0.794. The summed E-state index contributed by atoms with van der Waals surface area (Å²) in [4.78, 5) is 20.7. The van der Waals surface area contributed by atoms with E-state index in [4.69, 9.17) is 19.7 Å². The van der Waals surface area contributed by atoms with E-state index in [0.717, 1.165) is 5.56 Å². The Labute approximate surface area is 137 Å². The highest BCUT2D eigenvalue weighted by atomic mass is 16.6. The van der Waals surface area contributed by atoms with Crippen LogP contribution in [0.2, 0.25) is 0 Å². The maximum absolute atomic E-state index is 11.5. The predicted molar refractivity (Wildman–Crippen MR) is 88.4 cm³/mol. The second-order valence-corrected chi connectivity index (χ2v) is 6.26. The van der Waals surface area contributed by atoms with Gasteiger partial charge in [0.05, 0.1) is 0 Å². The van der Waals surface area contributed by atoms with Gasteiger partial charge < -0.3 is 20.3 Å². The number of aryl methyl sites for hydroxylation is 2. The minimum absolute atomic E-state index is 0.376. The van der Waals surface area contributed by atoms with Crippen LogP contribution in [0.1, 0.15) is 43.0 Å². The number of rotatable bonds is 3. The molecule has 23 heavy (non-hydrogen) atoms. The Kier molecular flexibility index (Phi) is 8.32. The van der Waals surface area contributed by atoms with Crippen LogP contribution < -0.4 is 5.32 Å². The summed E-state index contributed by atoms with van der Waals surface area (Å²) in [6.45, 7) is 11.6. The van der Waals surface area contributed by atoms with E-state index >= 15 is 0 Å². The fourth-order valence-electron chi connectivity index (χ4n) is 1.72. The Morgan fingerprint density at radius 3 is 1.91 bits per heavy atom. The third kappa shape index (κ3) is 9.52. The molecule has 0 fully saturated rings. The van der Waals surface area contributed by atoms with E-state index < -0.39 is 18.2 Å². The molecule has 1 aromatic rings. The molecule has 6 heteroatoms. The molecule has 0 aliphatic carbocycles. The highest BCUT2D eigenvalue weighted by molar-refractivity contribution is 5.68. The van der Waals surface area contributed by atoms with Gasteiger partial charge in [-0.2, -0.15) is 0 Å². The summed E-state index contributed by atoms with van der Waals surface area (Å²) in [6, 6.07) is 4.19. The van der Waals surface area contributed by atoms with Crippen molar-refractivity contribution >= 4 is 12.1 Å². The molecule has 0 radical (unpaired) electrons. The van der Waals surface area contributed by atoms with E-state index in [1.54, 1.807) is 0 Å². The van der Waals surface area contributed by atoms with Crippen molar-refractivity contribution in [3.05, 3.63) is 34.4 Å². The number of carbonyl (C=O) groups is 2. The van der Waals surface area contributed by atoms with E-state index in [-0.39, 0.29) is 6.09 Å². The van der Waals surface area contributed by atoms with Gasteiger partial charge in [0.1, 0.15) is 12.2 Å². The number of alkyl carbamates (subject to hydrolysis) is 1. The summed E-state index contributed by atoms with van der Waals surface area (Å²) in [6.07, 6.45) is -0.376. The average Bonchev–Trinajstić information content (AvgIpc) is 2.41. The summed E-state index contributed by atoms with van der Waals surface area (Å²) in [5, 5.41) is 17.8. The molecule has 3 N–H and O–H groups in total. The van der Waals surface area contributed by atoms with E-state index in [2.05, 4.69) is 38.2 Å². The van der Waals surface area contributed by atoms with Crippen LogP contribution in [0.3, 0.4) is 0 Å². The number of aliphatic hydroxyl groups excluding tert-OH is 1.